The Hall–Kier alpha value is -1.50. The fourth-order valence-electron chi connectivity index (χ4n) is 1.23. The molecule has 70 valence electrons. The highest BCUT2D eigenvalue weighted by Crippen LogP contribution is 2.23. The minimum absolute atomic E-state index is 0.0263. The summed E-state index contributed by atoms with van der Waals surface area (Å²) < 4.78 is 1.65. The van der Waals surface area contributed by atoms with Gasteiger partial charge in [0.05, 0.1) is 6.07 Å². The van der Waals surface area contributed by atoms with Crippen molar-refractivity contribution in [1.82, 2.24) is 9.78 Å². The van der Waals surface area contributed by atoms with Gasteiger partial charge in [0.15, 0.2) is 0 Å². The van der Waals surface area contributed by atoms with Gasteiger partial charge in [-0.05, 0) is 0 Å². The van der Waals surface area contributed by atoms with E-state index in [-0.39, 0.29) is 12.0 Å². The molecule has 4 heteroatoms. The molecule has 1 aromatic rings. The molecule has 1 rings (SSSR count). The Bertz CT molecular complexity index is 337. The Kier molecular flexibility index (Phi) is 2.28. The lowest BCUT2D eigenvalue weighted by molar-refractivity contribution is 0.511. The highest BCUT2D eigenvalue weighted by atomic mass is 15.3. The number of nitrogens with two attached hydrogens (primary N) is 1. The van der Waals surface area contributed by atoms with Gasteiger partial charge in [0, 0.05) is 17.2 Å². The molecule has 0 bridgehead atoms. The smallest absolute Gasteiger partial charge is 0.145 e. The van der Waals surface area contributed by atoms with E-state index >= 15 is 0 Å². The van der Waals surface area contributed by atoms with Crippen molar-refractivity contribution < 1.29 is 0 Å². The fraction of sp³-hybridized carbons (Fsp3) is 0.556. The second-order valence-electron chi connectivity index (χ2n) is 4.02. The first-order valence-electron chi connectivity index (χ1n) is 4.16. The molecular formula is C9H14N4. The number of hydrogen-bond donors (Lipinski definition) is 1. The summed E-state index contributed by atoms with van der Waals surface area (Å²) in [4.78, 5) is 0. The van der Waals surface area contributed by atoms with E-state index in [2.05, 4.69) is 31.9 Å². The van der Waals surface area contributed by atoms with Crippen LogP contribution in [0.2, 0.25) is 0 Å². The molecule has 0 radical (unpaired) electrons. The molecule has 0 fully saturated rings. The highest BCUT2D eigenvalue weighted by molar-refractivity contribution is 5.32. The average molecular weight is 178 g/mol. The minimum Gasteiger partial charge on any atom is -0.382 e. The fourth-order valence-corrected chi connectivity index (χ4v) is 1.23. The first kappa shape index (κ1) is 9.59. The Morgan fingerprint density at radius 1 is 1.62 bits per heavy atom. The predicted molar refractivity (Wildman–Crippen MR) is 51.0 cm³/mol. The zero-order valence-electron chi connectivity index (χ0n) is 8.20. The lowest BCUT2D eigenvalue weighted by atomic mass is 9.92. The quantitative estimate of drug-likeness (QED) is 0.704. The first-order chi connectivity index (χ1) is 5.95. The standard InChI is InChI=1S/C9H14N4/c1-9(2,3)7-6-8(11)12-13(7)5-4-10/h6H,5H2,1-3H3,(H2,11,12). The van der Waals surface area contributed by atoms with Gasteiger partial charge in [-0.15, -0.1) is 0 Å². The Labute approximate surface area is 78.0 Å². The summed E-state index contributed by atoms with van der Waals surface area (Å²) in [7, 11) is 0. The molecule has 0 atom stereocenters. The van der Waals surface area contributed by atoms with Crippen LogP contribution in [0.5, 0.6) is 0 Å². The van der Waals surface area contributed by atoms with E-state index in [1.807, 2.05) is 6.07 Å². The minimum atomic E-state index is -0.0263. The van der Waals surface area contributed by atoms with Gasteiger partial charge in [0.1, 0.15) is 12.4 Å². The summed E-state index contributed by atoms with van der Waals surface area (Å²) in [6.07, 6.45) is 0. The highest BCUT2D eigenvalue weighted by Gasteiger charge is 2.19. The van der Waals surface area contributed by atoms with Crippen LogP contribution >= 0.6 is 0 Å². The molecule has 0 saturated carbocycles. The lowest BCUT2D eigenvalue weighted by Gasteiger charge is -2.18. The van der Waals surface area contributed by atoms with Gasteiger partial charge >= 0.3 is 0 Å². The lowest BCUT2D eigenvalue weighted by Crippen LogP contribution is -2.18. The molecule has 4 nitrogen and oxygen atoms in total. The topological polar surface area (TPSA) is 67.6 Å². The summed E-state index contributed by atoms with van der Waals surface area (Å²) >= 11 is 0. The summed E-state index contributed by atoms with van der Waals surface area (Å²) in [5, 5.41) is 12.6. The summed E-state index contributed by atoms with van der Waals surface area (Å²) in [5.74, 6) is 0.472. The van der Waals surface area contributed by atoms with E-state index in [9.17, 15) is 0 Å². The molecular weight excluding hydrogens is 164 g/mol. The number of aromatic nitrogens is 2. The predicted octanol–water partition coefficient (Wildman–Crippen LogP) is 1.29. The normalized spacial score (nSPS) is 11.2. The van der Waals surface area contributed by atoms with Crippen LogP contribution in [0.25, 0.3) is 0 Å². The van der Waals surface area contributed by atoms with Gasteiger partial charge in [-0.3, -0.25) is 4.68 Å². The van der Waals surface area contributed by atoms with Crippen LogP contribution in [0.4, 0.5) is 5.82 Å². The second-order valence-corrected chi connectivity index (χ2v) is 4.02. The van der Waals surface area contributed by atoms with Crippen LogP contribution in [0.1, 0.15) is 26.5 Å². The van der Waals surface area contributed by atoms with Gasteiger partial charge in [0.25, 0.3) is 0 Å². The molecule has 0 aliphatic carbocycles. The third kappa shape index (κ3) is 2.00. The van der Waals surface area contributed by atoms with E-state index in [0.717, 1.165) is 5.69 Å². The molecule has 0 aliphatic rings. The van der Waals surface area contributed by atoms with Crippen molar-refractivity contribution in [3.05, 3.63) is 11.8 Å². The van der Waals surface area contributed by atoms with Crippen LogP contribution < -0.4 is 5.73 Å². The molecule has 0 amide bonds. The molecule has 2 N–H and O–H groups in total. The largest absolute Gasteiger partial charge is 0.382 e. The van der Waals surface area contributed by atoms with Crippen LogP contribution in [0.3, 0.4) is 0 Å². The Morgan fingerprint density at radius 2 is 2.23 bits per heavy atom. The third-order valence-corrected chi connectivity index (χ3v) is 1.79. The van der Waals surface area contributed by atoms with Gasteiger partial charge in [-0.25, -0.2) is 0 Å². The summed E-state index contributed by atoms with van der Waals surface area (Å²) in [6, 6.07) is 3.87. The summed E-state index contributed by atoms with van der Waals surface area (Å²) in [6.45, 7) is 6.45. The number of nitrogen functional groups attached to an aromatic ring is 1. The Morgan fingerprint density at radius 3 is 2.69 bits per heavy atom. The summed E-state index contributed by atoms with van der Waals surface area (Å²) in [5.41, 5.74) is 6.53. The van der Waals surface area contributed by atoms with Crippen molar-refractivity contribution >= 4 is 5.82 Å². The van der Waals surface area contributed by atoms with Crippen LogP contribution in [-0.4, -0.2) is 9.78 Å². The maximum Gasteiger partial charge on any atom is 0.145 e. The number of anilines is 1. The first-order valence-corrected chi connectivity index (χ1v) is 4.16. The van der Waals surface area contributed by atoms with E-state index in [1.54, 1.807) is 4.68 Å². The van der Waals surface area contributed by atoms with Crippen LogP contribution in [-0.2, 0) is 12.0 Å². The average Bonchev–Trinajstić information content (AvgIpc) is 2.30. The van der Waals surface area contributed by atoms with Crippen LogP contribution in [0.15, 0.2) is 6.07 Å². The molecule has 0 aliphatic heterocycles. The maximum atomic E-state index is 8.57. The van der Waals surface area contributed by atoms with E-state index < -0.39 is 0 Å². The van der Waals surface area contributed by atoms with Gasteiger partial charge in [-0.1, -0.05) is 20.8 Å². The van der Waals surface area contributed by atoms with Crippen molar-refractivity contribution in [3.63, 3.8) is 0 Å². The number of nitriles is 1. The van der Waals surface area contributed by atoms with Gasteiger partial charge in [-0.2, -0.15) is 10.4 Å². The van der Waals surface area contributed by atoms with Crippen LogP contribution in [0, 0.1) is 11.3 Å². The van der Waals surface area contributed by atoms with Crippen molar-refractivity contribution in [2.24, 2.45) is 0 Å². The number of rotatable bonds is 1. The zero-order valence-corrected chi connectivity index (χ0v) is 8.20. The van der Waals surface area contributed by atoms with Crippen molar-refractivity contribution in [2.45, 2.75) is 32.7 Å². The number of hydrogen-bond acceptors (Lipinski definition) is 3. The second kappa shape index (κ2) is 3.09. The SMILES string of the molecule is CC(C)(C)c1cc(N)nn1CC#N. The molecule has 13 heavy (non-hydrogen) atoms. The molecule has 1 aromatic heterocycles. The molecule has 0 aromatic carbocycles. The maximum absolute atomic E-state index is 8.57. The molecule has 0 saturated heterocycles. The van der Waals surface area contributed by atoms with Crippen molar-refractivity contribution in [3.8, 4) is 6.07 Å². The van der Waals surface area contributed by atoms with Crippen molar-refractivity contribution in [1.29, 1.82) is 5.26 Å². The Balaban J connectivity index is 3.13. The van der Waals surface area contributed by atoms with Crippen molar-refractivity contribution in [2.75, 3.05) is 5.73 Å². The zero-order chi connectivity index (χ0) is 10.1. The monoisotopic (exact) mass is 178 g/mol. The molecule has 1 heterocycles. The van der Waals surface area contributed by atoms with E-state index in [0.29, 0.717) is 5.82 Å². The third-order valence-electron chi connectivity index (χ3n) is 1.79. The van der Waals surface area contributed by atoms with E-state index in [1.165, 1.54) is 0 Å². The number of nitrogens with zero attached hydrogens (tertiary/aromatic N) is 3. The van der Waals surface area contributed by atoms with Gasteiger partial charge < -0.3 is 5.73 Å². The van der Waals surface area contributed by atoms with Gasteiger partial charge in [0.2, 0.25) is 0 Å². The van der Waals surface area contributed by atoms with E-state index in [4.69, 9.17) is 11.0 Å². The molecule has 0 unspecified atom stereocenters. The molecule has 0 spiro atoms.